The summed E-state index contributed by atoms with van der Waals surface area (Å²) in [5, 5.41) is 17.8. The first-order valence-corrected chi connectivity index (χ1v) is 10.1. The average molecular weight is 420 g/mol. The van der Waals surface area contributed by atoms with E-state index in [1.165, 1.54) is 18.0 Å². The maximum absolute atomic E-state index is 12.7. The van der Waals surface area contributed by atoms with Gasteiger partial charge in [-0.3, -0.25) is 9.59 Å². The van der Waals surface area contributed by atoms with E-state index >= 15 is 0 Å². The minimum Gasteiger partial charge on any atom is -0.459 e. The Kier molecular flexibility index (Phi) is 5.57. The Hall–Kier alpha value is -3.92. The van der Waals surface area contributed by atoms with Crippen molar-refractivity contribution in [1.29, 1.82) is 0 Å². The second-order valence-electron chi connectivity index (χ2n) is 6.09. The van der Waals surface area contributed by atoms with Crippen molar-refractivity contribution in [2.45, 2.75) is 5.16 Å². The Morgan fingerprint density at radius 2 is 1.73 bits per heavy atom. The predicted molar refractivity (Wildman–Crippen MR) is 112 cm³/mol. The second kappa shape index (κ2) is 8.62. The van der Waals surface area contributed by atoms with Gasteiger partial charge >= 0.3 is 0 Å². The van der Waals surface area contributed by atoms with E-state index < -0.39 is 5.91 Å². The fourth-order valence-corrected chi connectivity index (χ4v) is 3.16. The highest BCUT2D eigenvalue weighted by atomic mass is 32.2. The van der Waals surface area contributed by atoms with Gasteiger partial charge < -0.3 is 15.1 Å². The van der Waals surface area contributed by atoms with Crippen molar-refractivity contribution >= 4 is 35.0 Å². The molecule has 0 aliphatic heterocycles. The van der Waals surface area contributed by atoms with Crippen LogP contribution in [-0.4, -0.2) is 38.3 Å². The Morgan fingerprint density at radius 1 is 0.967 bits per heavy atom. The third-order valence-electron chi connectivity index (χ3n) is 4.10. The highest BCUT2D eigenvalue weighted by molar-refractivity contribution is 7.98. The van der Waals surface area contributed by atoms with Crippen molar-refractivity contribution in [2.24, 2.45) is 0 Å². The van der Waals surface area contributed by atoms with Crippen LogP contribution in [0.5, 0.6) is 0 Å². The zero-order valence-corrected chi connectivity index (χ0v) is 16.6. The number of furan rings is 1. The van der Waals surface area contributed by atoms with Crippen molar-refractivity contribution in [3.63, 3.8) is 0 Å². The molecule has 0 aliphatic rings. The number of carbonyl (C=O) groups is 2. The smallest absolute Gasteiger partial charge is 0.291 e. The Morgan fingerprint density at radius 3 is 2.50 bits per heavy atom. The first-order valence-electron chi connectivity index (χ1n) is 8.83. The topological polar surface area (TPSA) is 115 Å². The lowest BCUT2D eigenvalue weighted by atomic mass is 10.1. The molecule has 0 fully saturated rings. The van der Waals surface area contributed by atoms with Gasteiger partial charge in [-0.15, -0.1) is 5.10 Å². The molecule has 2 aromatic heterocycles. The molecule has 0 saturated carbocycles. The van der Waals surface area contributed by atoms with Crippen LogP contribution in [-0.2, 0) is 0 Å². The van der Waals surface area contributed by atoms with Crippen LogP contribution in [0.4, 0.5) is 11.4 Å². The summed E-state index contributed by atoms with van der Waals surface area (Å²) in [4.78, 5) is 24.8. The number of rotatable bonds is 6. The standard InChI is InChI=1S/C20H16N6O3S/c1-30-20-23-24-25-26(20)16-8-3-7-15(12-16)21-18(27)13-5-2-6-14(11-13)22-19(28)17-9-4-10-29-17/h2-12H,1H3,(H,21,27)(H,22,28). The Balaban J connectivity index is 1.49. The minimum absolute atomic E-state index is 0.189. The van der Waals surface area contributed by atoms with E-state index in [1.54, 1.807) is 59.3 Å². The summed E-state index contributed by atoms with van der Waals surface area (Å²) in [5.41, 5.74) is 2.19. The van der Waals surface area contributed by atoms with Crippen LogP contribution >= 0.6 is 11.8 Å². The summed E-state index contributed by atoms with van der Waals surface area (Å²) < 4.78 is 6.66. The van der Waals surface area contributed by atoms with Gasteiger partial charge in [-0.05, 0) is 65.2 Å². The van der Waals surface area contributed by atoms with Gasteiger partial charge in [0.05, 0.1) is 12.0 Å². The number of aromatic nitrogens is 4. The number of benzene rings is 2. The van der Waals surface area contributed by atoms with Gasteiger partial charge in [0, 0.05) is 16.9 Å². The summed E-state index contributed by atoms with van der Waals surface area (Å²) in [5.74, 6) is -0.520. The Bertz CT molecular complexity index is 1190. The molecule has 0 atom stereocenters. The number of nitrogens with one attached hydrogen (secondary N) is 2. The number of anilines is 2. The molecule has 4 rings (SSSR count). The van der Waals surface area contributed by atoms with Gasteiger partial charge in [-0.25, -0.2) is 0 Å². The molecule has 9 nitrogen and oxygen atoms in total. The molecule has 30 heavy (non-hydrogen) atoms. The molecule has 4 aromatic rings. The van der Waals surface area contributed by atoms with Gasteiger partial charge in [0.15, 0.2) is 5.76 Å². The van der Waals surface area contributed by atoms with Gasteiger partial charge in [0.1, 0.15) is 0 Å². The fourth-order valence-electron chi connectivity index (χ4n) is 2.73. The van der Waals surface area contributed by atoms with E-state index in [2.05, 4.69) is 26.2 Å². The summed E-state index contributed by atoms with van der Waals surface area (Å²) in [6, 6.07) is 17.0. The second-order valence-corrected chi connectivity index (χ2v) is 6.87. The number of amides is 2. The van der Waals surface area contributed by atoms with Gasteiger partial charge in [0.25, 0.3) is 11.8 Å². The Labute approximate surface area is 175 Å². The van der Waals surface area contributed by atoms with Crippen LogP contribution in [0.15, 0.2) is 76.5 Å². The van der Waals surface area contributed by atoms with Crippen LogP contribution in [0.25, 0.3) is 5.69 Å². The lowest BCUT2D eigenvalue weighted by Crippen LogP contribution is -2.14. The van der Waals surface area contributed by atoms with Crippen LogP contribution in [0.1, 0.15) is 20.9 Å². The van der Waals surface area contributed by atoms with E-state index in [0.29, 0.717) is 22.1 Å². The molecule has 2 aromatic carbocycles. The molecular weight excluding hydrogens is 404 g/mol. The molecule has 10 heteroatoms. The minimum atomic E-state index is -0.392. The molecular formula is C20H16N6O3S. The van der Waals surface area contributed by atoms with E-state index in [-0.39, 0.29) is 11.7 Å². The summed E-state index contributed by atoms with van der Waals surface area (Å²) in [6.45, 7) is 0. The quantitative estimate of drug-likeness (QED) is 0.459. The largest absolute Gasteiger partial charge is 0.459 e. The number of nitrogens with zero attached hydrogens (tertiary/aromatic N) is 4. The van der Waals surface area contributed by atoms with E-state index in [0.717, 1.165) is 5.69 Å². The van der Waals surface area contributed by atoms with Crippen LogP contribution in [0, 0.1) is 0 Å². The number of thioether (sulfide) groups is 1. The third-order valence-corrected chi connectivity index (χ3v) is 4.72. The molecule has 0 unspecified atom stereocenters. The van der Waals surface area contributed by atoms with Crippen molar-refractivity contribution < 1.29 is 14.0 Å². The van der Waals surface area contributed by atoms with Crippen LogP contribution in [0.2, 0.25) is 0 Å². The van der Waals surface area contributed by atoms with E-state index in [9.17, 15) is 9.59 Å². The molecule has 0 saturated heterocycles. The molecule has 2 heterocycles. The van der Waals surface area contributed by atoms with Gasteiger partial charge in [-0.2, -0.15) is 4.68 Å². The number of hydrogen-bond donors (Lipinski definition) is 2. The molecule has 2 N–H and O–H groups in total. The fraction of sp³-hybridized carbons (Fsp3) is 0.0500. The maximum atomic E-state index is 12.7. The highest BCUT2D eigenvalue weighted by Gasteiger charge is 2.12. The molecule has 0 radical (unpaired) electrons. The van der Waals surface area contributed by atoms with Crippen molar-refractivity contribution in [3.05, 3.63) is 78.3 Å². The first-order chi connectivity index (χ1) is 14.6. The molecule has 2 amide bonds. The molecule has 0 bridgehead atoms. The predicted octanol–water partition coefficient (Wildman–Crippen LogP) is 3.48. The normalized spacial score (nSPS) is 10.6. The van der Waals surface area contributed by atoms with Crippen LogP contribution in [0.3, 0.4) is 0 Å². The summed E-state index contributed by atoms with van der Waals surface area (Å²) >= 11 is 1.42. The SMILES string of the molecule is CSc1nnnn1-c1cccc(NC(=O)c2cccc(NC(=O)c3ccco3)c2)c1. The van der Waals surface area contributed by atoms with Crippen molar-refractivity contribution in [3.8, 4) is 5.69 Å². The summed E-state index contributed by atoms with van der Waals surface area (Å²) in [7, 11) is 0. The first kappa shape index (κ1) is 19.4. The zero-order valence-electron chi connectivity index (χ0n) is 15.8. The van der Waals surface area contributed by atoms with E-state index in [1.807, 2.05) is 12.3 Å². The molecule has 150 valence electrons. The van der Waals surface area contributed by atoms with Crippen LogP contribution < -0.4 is 10.6 Å². The van der Waals surface area contributed by atoms with Gasteiger partial charge in [-0.1, -0.05) is 23.9 Å². The van der Waals surface area contributed by atoms with E-state index in [4.69, 9.17) is 4.42 Å². The lowest BCUT2D eigenvalue weighted by Gasteiger charge is -2.09. The number of hydrogen-bond acceptors (Lipinski definition) is 7. The third kappa shape index (κ3) is 4.23. The van der Waals surface area contributed by atoms with Crippen molar-refractivity contribution in [2.75, 3.05) is 16.9 Å². The number of carbonyl (C=O) groups excluding carboxylic acids is 2. The lowest BCUT2D eigenvalue weighted by molar-refractivity contribution is 0.0993. The monoisotopic (exact) mass is 420 g/mol. The summed E-state index contributed by atoms with van der Waals surface area (Å²) in [6.07, 6.45) is 3.30. The highest BCUT2D eigenvalue weighted by Crippen LogP contribution is 2.20. The van der Waals surface area contributed by atoms with Gasteiger partial charge in [0.2, 0.25) is 5.16 Å². The number of tetrazole rings is 1. The van der Waals surface area contributed by atoms with Crippen molar-refractivity contribution in [1.82, 2.24) is 20.2 Å². The molecule has 0 aliphatic carbocycles. The average Bonchev–Trinajstić information content (AvgIpc) is 3.46. The molecule has 0 spiro atoms. The maximum Gasteiger partial charge on any atom is 0.291 e. The zero-order chi connectivity index (χ0) is 20.9.